The van der Waals surface area contributed by atoms with Crippen LogP contribution in [0.3, 0.4) is 0 Å². The zero-order chi connectivity index (χ0) is 29.1. The Balaban J connectivity index is 1.45. The van der Waals surface area contributed by atoms with Gasteiger partial charge in [0, 0.05) is 40.2 Å². The zero-order valence-corrected chi connectivity index (χ0v) is 26.0. The minimum Gasteiger partial charge on any atom is -0.495 e. The van der Waals surface area contributed by atoms with Crippen molar-refractivity contribution in [2.75, 3.05) is 20.2 Å². The van der Waals surface area contributed by atoms with E-state index in [1.54, 1.807) is 35.9 Å². The molecule has 5 rings (SSSR count). The maximum atomic E-state index is 15.2. The quantitative estimate of drug-likeness (QED) is 0.139. The van der Waals surface area contributed by atoms with Gasteiger partial charge in [-0.2, -0.15) is 4.83 Å². The minimum absolute atomic E-state index is 0.209. The number of nitrogens with one attached hydrogen (secondary N) is 1. The Bertz CT molecular complexity index is 1540. The molecular formula is C30H30Cl2F2N4OS2. The van der Waals surface area contributed by atoms with Crippen LogP contribution in [0, 0.1) is 11.6 Å². The van der Waals surface area contributed by atoms with Gasteiger partial charge < -0.3 is 4.74 Å². The molecule has 0 unspecified atom stereocenters. The number of benzene rings is 3. The van der Waals surface area contributed by atoms with Crippen LogP contribution >= 0.6 is 46.9 Å². The molecule has 5 nitrogen and oxygen atoms in total. The molecule has 0 saturated carbocycles. The first-order valence-electron chi connectivity index (χ1n) is 13.1. The third-order valence-electron chi connectivity index (χ3n) is 7.17. The number of rotatable bonds is 10. The van der Waals surface area contributed by atoms with Gasteiger partial charge in [0.25, 0.3) is 0 Å². The highest BCUT2D eigenvalue weighted by Crippen LogP contribution is 2.40. The van der Waals surface area contributed by atoms with Crippen LogP contribution in [0.15, 0.2) is 70.8 Å². The summed E-state index contributed by atoms with van der Waals surface area (Å²) < 4.78 is 36.3. The fourth-order valence-corrected chi connectivity index (χ4v) is 7.05. The fraction of sp³-hybridized carbons (Fsp3) is 0.300. The summed E-state index contributed by atoms with van der Waals surface area (Å²) in [7, 11) is 1.56. The molecule has 0 bridgehead atoms. The van der Waals surface area contributed by atoms with Gasteiger partial charge >= 0.3 is 0 Å². The maximum Gasteiger partial charge on any atom is 0.173 e. The Morgan fingerprint density at radius 1 is 1.00 bits per heavy atom. The van der Waals surface area contributed by atoms with Crippen molar-refractivity contribution in [1.82, 2.24) is 19.4 Å². The summed E-state index contributed by atoms with van der Waals surface area (Å²) in [6.07, 6.45) is 4.14. The number of hydrazine groups is 1. The van der Waals surface area contributed by atoms with Crippen LogP contribution in [0.5, 0.6) is 5.75 Å². The van der Waals surface area contributed by atoms with Crippen LogP contribution in [0.25, 0.3) is 5.69 Å². The first-order valence-corrected chi connectivity index (χ1v) is 15.7. The maximum absolute atomic E-state index is 15.2. The summed E-state index contributed by atoms with van der Waals surface area (Å²) >= 11 is 15.9. The number of ether oxygens (including phenoxy) is 1. The van der Waals surface area contributed by atoms with Crippen LogP contribution in [-0.2, 0) is 11.2 Å². The second-order valence-corrected chi connectivity index (χ2v) is 12.9. The number of methoxy groups -OCH3 is 1. The van der Waals surface area contributed by atoms with Crippen LogP contribution in [0.1, 0.15) is 43.5 Å². The third-order valence-corrected chi connectivity index (χ3v) is 9.68. The number of nitrogens with zero attached hydrogens (tertiary/aromatic N) is 3. The van der Waals surface area contributed by atoms with Crippen LogP contribution in [0.2, 0.25) is 10.0 Å². The molecule has 2 heterocycles. The Morgan fingerprint density at radius 2 is 1.78 bits per heavy atom. The van der Waals surface area contributed by atoms with Gasteiger partial charge in [0.2, 0.25) is 0 Å². The highest BCUT2D eigenvalue weighted by Gasteiger charge is 2.31. The van der Waals surface area contributed by atoms with Crippen molar-refractivity contribution in [2.45, 2.75) is 47.9 Å². The van der Waals surface area contributed by atoms with Crippen molar-refractivity contribution in [3.8, 4) is 11.4 Å². The second-order valence-electron chi connectivity index (χ2n) is 10.3. The monoisotopic (exact) mass is 634 g/mol. The zero-order valence-electron chi connectivity index (χ0n) is 22.9. The van der Waals surface area contributed by atoms with E-state index in [9.17, 15) is 4.39 Å². The van der Waals surface area contributed by atoms with E-state index in [2.05, 4.69) is 14.8 Å². The summed E-state index contributed by atoms with van der Waals surface area (Å²) in [4.78, 5) is 9.08. The molecule has 0 radical (unpaired) electrons. The lowest BCUT2D eigenvalue weighted by Crippen LogP contribution is -2.29. The SMILES string of the molecule is COc1cc(C(C)(C)c2cnc(SCc3ccc(SNN4CCCC4)cc3Cl)n2-c2ccc(F)cc2F)ccc1Cl. The van der Waals surface area contributed by atoms with Crippen molar-refractivity contribution in [3.05, 3.63) is 99.3 Å². The third kappa shape index (κ3) is 6.71. The van der Waals surface area contributed by atoms with Gasteiger partial charge in [-0.3, -0.25) is 4.57 Å². The van der Waals surface area contributed by atoms with Gasteiger partial charge in [0.05, 0.1) is 29.7 Å². The number of thioether (sulfide) groups is 1. The molecule has 1 aliphatic heterocycles. The number of hydrogen-bond acceptors (Lipinski definition) is 6. The lowest BCUT2D eigenvalue weighted by atomic mass is 9.81. The van der Waals surface area contributed by atoms with E-state index in [4.69, 9.17) is 27.9 Å². The summed E-state index contributed by atoms with van der Waals surface area (Å²) in [6.45, 7) is 6.12. The van der Waals surface area contributed by atoms with E-state index < -0.39 is 17.0 Å². The number of aromatic nitrogens is 2. The lowest BCUT2D eigenvalue weighted by molar-refractivity contribution is 0.315. The van der Waals surface area contributed by atoms with E-state index >= 15 is 4.39 Å². The molecule has 0 amide bonds. The fourth-order valence-electron chi connectivity index (χ4n) is 4.75. The van der Waals surface area contributed by atoms with E-state index in [0.29, 0.717) is 26.7 Å². The Morgan fingerprint density at radius 3 is 2.49 bits per heavy atom. The smallest absolute Gasteiger partial charge is 0.173 e. The molecule has 41 heavy (non-hydrogen) atoms. The van der Waals surface area contributed by atoms with Gasteiger partial charge in [-0.25, -0.2) is 18.8 Å². The van der Waals surface area contributed by atoms with Crippen LogP contribution in [0.4, 0.5) is 8.78 Å². The molecule has 216 valence electrons. The molecular weight excluding hydrogens is 605 g/mol. The topological polar surface area (TPSA) is 42.3 Å². The van der Waals surface area contributed by atoms with Gasteiger partial charge in [-0.1, -0.05) is 60.9 Å². The Kier molecular flexibility index (Phi) is 9.53. The number of halogens is 4. The van der Waals surface area contributed by atoms with E-state index in [1.165, 1.54) is 36.7 Å². The molecule has 0 aliphatic carbocycles. The largest absolute Gasteiger partial charge is 0.495 e. The van der Waals surface area contributed by atoms with E-state index in [0.717, 1.165) is 40.9 Å². The summed E-state index contributed by atoms with van der Waals surface area (Å²) in [5, 5.41) is 3.90. The number of hydrogen-bond donors (Lipinski definition) is 1. The first-order chi connectivity index (χ1) is 19.7. The average Bonchev–Trinajstić information content (AvgIpc) is 3.62. The standard InChI is InChI=1S/C30H30Cl2F2N4OS2/c1-30(2,20-7-10-23(31)27(14-20)39-3)28-17-35-29(38(28)26-11-8-21(33)15-25(26)34)40-18-19-6-9-22(16-24(19)32)41-36-37-12-4-5-13-37/h6-11,14-17,36H,4-5,12-13,18H2,1-3H3. The highest BCUT2D eigenvalue weighted by atomic mass is 35.5. The Labute approximate surface area is 257 Å². The molecule has 3 aromatic carbocycles. The summed E-state index contributed by atoms with van der Waals surface area (Å²) in [5.74, 6) is -0.274. The normalized spacial score (nSPS) is 14.1. The lowest BCUT2D eigenvalue weighted by Gasteiger charge is -2.28. The molecule has 4 aromatic rings. The Hall–Kier alpha value is -2.27. The predicted octanol–water partition coefficient (Wildman–Crippen LogP) is 8.69. The van der Waals surface area contributed by atoms with Crippen molar-refractivity contribution in [2.24, 2.45) is 0 Å². The molecule has 1 fully saturated rings. The molecule has 0 atom stereocenters. The van der Waals surface area contributed by atoms with E-state index in [1.807, 2.05) is 44.2 Å². The van der Waals surface area contributed by atoms with Crippen LogP contribution in [-0.4, -0.2) is 34.8 Å². The predicted molar refractivity (Wildman–Crippen MR) is 164 cm³/mol. The van der Waals surface area contributed by atoms with Crippen LogP contribution < -0.4 is 9.57 Å². The van der Waals surface area contributed by atoms with Crippen molar-refractivity contribution < 1.29 is 13.5 Å². The second kappa shape index (κ2) is 12.9. The molecule has 0 spiro atoms. The van der Waals surface area contributed by atoms with Gasteiger partial charge in [0.15, 0.2) is 5.16 Å². The molecule has 1 aliphatic rings. The van der Waals surface area contributed by atoms with Gasteiger partial charge in [-0.05, 0) is 72.3 Å². The number of imidazole rings is 1. The molecule has 1 saturated heterocycles. The summed E-state index contributed by atoms with van der Waals surface area (Å²) in [6, 6.07) is 15.1. The molecule has 1 aromatic heterocycles. The first kappa shape index (κ1) is 30.2. The van der Waals surface area contributed by atoms with Crippen molar-refractivity contribution >= 4 is 46.9 Å². The molecule has 1 N–H and O–H groups in total. The minimum atomic E-state index is -0.680. The summed E-state index contributed by atoms with van der Waals surface area (Å²) in [5.41, 5.74) is 2.13. The van der Waals surface area contributed by atoms with E-state index in [-0.39, 0.29) is 5.69 Å². The van der Waals surface area contributed by atoms with Gasteiger partial charge in [0.1, 0.15) is 17.4 Å². The molecule has 11 heteroatoms. The highest BCUT2D eigenvalue weighted by molar-refractivity contribution is 7.98. The van der Waals surface area contributed by atoms with Crippen molar-refractivity contribution in [3.63, 3.8) is 0 Å². The average molecular weight is 636 g/mol. The van der Waals surface area contributed by atoms with Crippen molar-refractivity contribution in [1.29, 1.82) is 0 Å². The van der Waals surface area contributed by atoms with Gasteiger partial charge in [-0.15, -0.1) is 0 Å².